The van der Waals surface area contributed by atoms with Gasteiger partial charge in [0.05, 0.1) is 5.03 Å². The molecule has 0 spiro atoms. The van der Waals surface area contributed by atoms with Crippen LogP contribution in [0.25, 0.3) is 0 Å². The third-order valence-electron chi connectivity index (χ3n) is 7.52. The van der Waals surface area contributed by atoms with E-state index in [0.717, 1.165) is 26.7 Å². The van der Waals surface area contributed by atoms with Gasteiger partial charge in [0.2, 0.25) is 5.91 Å². The molecule has 2 saturated carbocycles. The van der Waals surface area contributed by atoms with Crippen molar-refractivity contribution in [3.63, 3.8) is 0 Å². The number of hydrogen-bond acceptors (Lipinski definition) is 4. The van der Waals surface area contributed by atoms with Crippen LogP contribution in [-0.2, 0) is 11.3 Å². The van der Waals surface area contributed by atoms with Crippen molar-refractivity contribution in [3.8, 4) is 0 Å². The summed E-state index contributed by atoms with van der Waals surface area (Å²) in [6.07, 6.45) is 3.73. The van der Waals surface area contributed by atoms with E-state index >= 15 is 0 Å². The van der Waals surface area contributed by atoms with Crippen molar-refractivity contribution in [3.05, 3.63) is 80.0 Å². The van der Waals surface area contributed by atoms with Gasteiger partial charge in [-0.15, -0.1) is 11.8 Å². The van der Waals surface area contributed by atoms with E-state index in [0.29, 0.717) is 23.0 Å². The molecule has 2 bridgehead atoms. The Bertz CT molecular complexity index is 1280. The number of nitrogens with one attached hydrogen (secondary N) is 1. The summed E-state index contributed by atoms with van der Waals surface area (Å²) < 4.78 is 15.3. The van der Waals surface area contributed by atoms with Gasteiger partial charge in [-0.1, -0.05) is 35.6 Å². The molecule has 2 aromatic carbocycles. The van der Waals surface area contributed by atoms with Crippen LogP contribution in [0, 0.1) is 30.5 Å². The number of carbonyl (C=O) groups excluding carboxylic acids is 1. The number of benzene rings is 2. The smallest absolute Gasteiger partial charge is 0.308 e. The Morgan fingerprint density at radius 2 is 1.94 bits per heavy atom. The molecule has 1 amide bonds. The number of rotatable bonds is 4. The Labute approximate surface area is 200 Å². The van der Waals surface area contributed by atoms with Gasteiger partial charge in [0, 0.05) is 21.7 Å². The second kappa shape index (κ2) is 8.13. The van der Waals surface area contributed by atoms with Crippen LogP contribution < -0.4 is 10.2 Å². The van der Waals surface area contributed by atoms with E-state index in [-0.39, 0.29) is 29.1 Å². The molecule has 0 radical (unpaired) electrons. The maximum atomic E-state index is 13.7. The maximum absolute atomic E-state index is 13.7. The van der Waals surface area contributed by atoms with E-state index in [2.05, 4.69) is 5.32 Å². The van der Waals surface area contributed by atoms with Crippen LogP contribution in [0.15, 0.2) is 58.4 Å². The zero-order chi connectivity index (χ0) is 22.7. The number of thioether (sulfide) groups is 1. The average molecular weight is 481 g/mol. The van der Waals surface area contributed by atoms with E-state index in [1.165, 1.54) is 42.7 Å². The average Bonchev–Trinajstić information content (AvgIpc) is 3.48. The molecule has 4 unspecified atom stereocenters. The van der Waals surface area contributed by atoms with Crippen molar-refractivity contribution in [2.75, 3.05) is 5.32 Å². The molecule has 5 atom stereocenters. The van der Waals surface area contributed by atoms with E-state index in [4.69, 9.17) is 0 Å². The minimum Gasteiger partial charge on any atom is -0.325 e. The fourth-order valence-electron chi connectivity index (χ4n) is 6.20. The Hall–Kier alpha value is -2.38. The molecule has 33 heavy (non-hydrogen) atoms. The molecule has 1 N–H and O–H groups in total. The summed E-state index contributed by atoms with van der Waals surface area (Å²) in [5.74, 6) is 1.45. The number of anilines is 1. The summed E-state index contributed by atoms with van der Waals surface area (Å²) in [6, 6.07) is 14.5. The Balaban J connectivity index is 1.37. The standard InChI is InChI=1S/C26H25FN2O2S2/c1-14-3-2-4-19(11-14)28-20(30)13-29-25-24(33-26(29)31)21(15-7-9-18(27)10-8-15)22-16-5-6-17(12-16)23(22)32-25/h2-4,7-11,16-17,21-23H,5-6,12-13H2,1H3,(H,28,30)/t16?,17?,21-,22?,23?/m0/s1. The van der Waals surface area contributed by atoms with E-state index in [1.807, 2.05) is 55.1 Å². The molecule has 0 saturated heterocycles. The number of fused-ring (bicyclic) bond motifs is 6. The first-order valence-electron chi connectivity index (χ1n) is 11.5. The minimum atomic E-state index is -0.243. The molecule has 2 fully saturated rings. The van der Waals surface area contributed by atoms with Gasteiger partial charge in [0.15, 0.2) is 0 Å². The highest BCUT2D eigenvalue weighted by Crippen LogP contribution is 2.63. The number of amides is 1. The predicted molar refractivity (Wildman–Crippen MR) is 131 cm³/mol. The van der Waals surface area contributed by atoms with Crippen LogP contribution in [-0.4, -0.2) is 15.7 Å². The van der Waals surface area contributed by atoms with Gasteiger partial charge in [0.1, 0.15) is 12.4 Å². The number of halogens is 1. The van der Waals surface area contributed by atoms with E-state index in [9.17, 15) is 14.0 Å². The van der Waals surface area contributed by atoms with Gasteiger partial charge in [-0.3, -0.25) is 14.2 Å². The van der Waals surface area contributed by atoms with Gasteiger partial charge in [-0.05, 0) is 79.3 Å². The number of aromatic nitrogens is 1. The summed E-state index contributed by atoms with van der Waals surface area (Å²) in [4.78, 5) is 26.9. The minimum absolute atomic E-state index is 0.00717. The molecule has 3 aliphatic rings. The molecule has 2 aliphatic carbocycles. The highest BCUT2D eigenvalue weighted by molar-refractivity contribution is 8.00. The lowest BCUT2D eigenvalue weighted by Crippen LogP contribution is -2.34. The van der Waals surface area contributed by atoms with Gasteiger partial charge in [0.25, 0.3) is 0 Å². The topological polar surface area (TPSA) is 51.1 Å². The van der Waals surface area contributed by atoms with Crippen molar-refractivity contribution in [1.82, 2.24) is 4.57 Å². The first-order chi connectivity index (χ1) is 16.0. The van der Waals surface area contributed by atoms with Crippen LogP contribution in [0.1, 0.15) is 41.2 Å². The molecule has 1 aromatic heterocycles. The molecular formula is C26H25FN2O2S2. The van der Waals surface area contributed by atoms with Crippen LogP contribution in [0.4, 0.5) is 10.1 Å². The number of hydrogen-bond donors (Lipinski definition) is 1. The quantitative estimate of drug-likeness (QED) is 0.525. The van der Waals surface area contributed by atoms with Crippen molar-refractivity contribution >= 4 is 34.7 Å². The number of thiazole rings is 1. The fraction of sp³-hybridized carbons (Fsp3) is 0.385. The predicted octanol–water partition coefficient (Wildman–Crippen LogP) is 5.65. The van der Waals surface area contributed by atoms with Crippen molar-refractivity contribution in [2.24, 2.45) is 17.8 Å². The number of carbonyl (C=O) groups is 1. The SMILES string of the molecule is Cc1cccc(NC(=O)Cn2c3c(sc2=O)[C@@H](c2ccc(F)cc2)C2C4CCC(C4)C2S3)c1. The van der Waals surface area contributed by atoms with E-state index in [1.54, 1.807) is 4.57 Å². The molecule has 2 heterocycles. The molecule has 6 rings (SSSR count). The lowest BCUT2D eigenvalue weighted by atomic mass is 9.75. The molecule has 3 aromatic rings. The largest absolute Gasteiger partial charge is 0.325 e. The highest BCUT2D eigenvalue weighted by atomic mass is 32.2. The second-order valence-corrected chi connectivity index (χ2v) is 11.7. The summed E-state index contributed by atoms with van der Waals surface area (Å²) in [7, 11) is 0. The number of aryl methyl sites for hydroxylation is 1. The molecule has 7 heteroatoms. The van der Waals surface area contributed by atoms with E-state index < -0.39 is 0 Å². The lowest BCUT2D eigenvalue weighted by Gasteiger charge is -2.40. The lowest BCUT2D eigenvalue weighted by molar-refractivity contribution is -0.116. The van der Waals surface area contributed by atoms with Crippen molar-refractivity contribution in [2.45, 2.75) is 48.9 Å². The third-order valence-corrected chi connectivity index (χ3v) is 10.3. The summed E-state index contributed by atoms with van der Waals surface area (Å²) in [5.41, 5.74) is 2.89. The first kappa shape index (κ1) is 21.2. The Morgan fingerprint density at radius 3 is 2.73 bits per heavy atom. The van der Waals surface area contributed by atoms with Crippen LogP contribution in [0.2, 0.25) is 0 Å². The Kier molecular flexibility index (Phi) is 5.22. The highest BCUT2D eigenvalue weighted by Gasteiger charge is 2.55. The monoisotopic (exact) mass is 480 g/mol. The molecule has 170 valence electrons. The van der Waals surface area contributed by atoms with Crippen LogP contribution >= 0.6 is 23.1 Å². The number of nitrogens with zero attached hydrogens (tertiary/aromatic N) is 1. The fourth-order valence-corrected chi connectivity index (χ4v) is 9.35. The van der Waals surface area contributed by atoms with Crippen LogP contribution in [0.3, 0.4) is 0 Å². The molecule has 1 aliphatic heterocycles. The maximum Gasteiger partial charge on any atom is 0.308 e. The van der Waals surface area contributed by atoms with Gasteiger partial charge >= 0.3 is 4.87 Å². The van der Waals surface area contributed by atoms with Crippen molar-refractivity contribution in [1.29, 1.82) is 0 Å². The zero-order valence-electron chi connectivity index (χ0n) is 18.3. The second-order valence-electron chi connectivity index (χ2n) is 9.56. The normalized spacial score (nSPS) is 27.3. The van der Waals surface area contributed by atoms with Gasteiger partial charge in [-0.2, -0.15) is 0 Å². The molecule has 4 nitrogen and oxygen atoms in total. The third kappa shape index (κ3) is 3.66. The van der Waals surface area contributed by atoms with Crippen LogP contribution in [0.5, 0.6) is 0 Å². The van der Waals surface area contributed by atoms with Gasteiger partial charge in [-0.25, -0.2) is 4.39 Å². The van der Waals surface area contributed by atoms with Crippen molar-refractivity contribution < 1.29 is 9.18 Å². The first-order valence-corrected chi connectivity index (χ1v) is 13.2. The Morgan fingerprint density at radius 1 is 1.15 bits per heavy atom. The summed E-state index contributed by atoms with van der Waals surface area (Å²) in [5, 5.41) is 4.32. The summed E-state index contributed by atoms with van der Waals surface area (Å²) >= 11 is 3.07. The van der Waals surface area contributed by atoms with Gasteiger partial charge < -0.3 is 5.32 Å². The summed E-state index contributed by atoms with van der Waals surface area (Å²) in [6.45, 7) is 1.99. The zero-order valence-corrected chi connectivity index (χ0v) is 19.9. The molecular weight excluding hydrogens is 455 g/mol.